The van der Waals surface area contributed by atoms with Crippen LogP contribution >= 0.6 is 0 Å². The second kappa shape index (κ2) is 13.5. The molecule has 0 spiro atoms. The average molecular weight is 602 g/mol. The van der Waals surface area contributed by atoms with Crippen molar-refractivity contribution in [1.29, 1.82) is 0 Å². The molecule has 1 amide bonds. The zero-order valence-corrected chi connectivity index (χ0v) is 26.1. The van der Waals surface area contributed by atoms with Crippen molar-refractivity contribution < 1.29 is 14.3 Å². The third kappa shape index (κ3) is 7.05. The average Bonchev–Trinajstić information content (AvgIpc) is 3.26. The van der Waals surface area contributed by atoms with E-state index in [1.165, 1.54) is 0 Å². The first kappa shape index (κ1) is 31.1. The molecule has 3 heterocycles. The molecule has 0 unspecified atom stereocenters. The van der Waals surface area contributed by atoms with Crippen LogP contribution in [0.15, 0.2) is 53.5 Å². The zero-order chi connectivity index (χ0) is 31.3. The number of rotatable bonds is 12. The number of aryl methyl sites for hydroxylation is 2. The van der Waals surface area contributed by atoms with E-state index in [0.717, 1.165) is 55.5 Å². The highest BCUT2D eigenvalue weighted by atomic mass is 16.5. The third-order valence-electron chi connectivity index (χ3n) is 8.38. The molecule has 4 aromatic rings. The molecule has 1 aliphatic heterocycles. The van der Waals surface area contributed by atoms with Gasteiger partial charge in [-0.2, -0.15) is 4.98 Å². The molecule has 1 aliphatic rings. The summed E-state index contributed by atoms with van der Waals surface area (Å²) in [5.41, 5.74) is 9.76. The number of anilines is 4. The number of benzene rings is 2. The predicted octanol–water partition coefficient (Wildman–Crippen LogP) is 5.72. The van der Waals surface area contributed by atoms with E-state index in [0.29, 0.717) is 48.3 Å². The Kier molecular flexibility index (Phi) is 9.53. The maximum absolute atomic E-state index is 13.0. The first-order valence-electron chi connectivity index (χ1n) is 15.3. The molecule has 11 nitrogen and oxygen atoms in total. The standard InChI is InChI=1S/C33H43N7O4/c1-22-12-13-24(44-17-9-5-8-16-33(2,3)30(41)36-26-11-7-6-10-25(26)34)20-27(22)37-31-35-21-28-29(38-31)40(32(42)39(28)4)23-14-18-43-19-15-23/h6-7,10-13,20-21,23H,5,8-9,14-19,34H2,1-4H3,(H,36,41)(H,35,37,38). The van der Waals surface area contributed by atoms with Crippen molar-refractivity contribution in [2.45, 2.75) is 65.3 Å². The number of para-hydroxylation sites is 2. The van der Waals surface area contributed by atoms with Crippen molar-refractivity contribution in [3.8, 4) is 5.75 Å². The number of aromatic nitrogens is 4. The highest BCUT2D eigenvalue weighted by molar-refractivity contribution is 5.97. The summed E-state index contributed by atoms with van der Waals surface area (Å²) in [5.74, 6) is 1.14. The number of nitrogens with one attached hydrogen (secondary N) is 2. The number of nitrogens with two attached hydrogens (primary N) is 1. The largest absolute Gasteiger partial charge is 0.494 e. The lowest BCUT2D eigenvalue weighted by molar-refractivity contribution is -0.124. The fourth-order valence-corrected chi connectivity index (χ4v) is 5.47. The first-order chi connectivity index (χ1) is 21.1. The van der Waals surface area contributed by atoms with E-state index >= 15 is 0 Å². The van der Waals surface area contributed by atoms with Crippen LogP contribution in [-0.2, 0) is 16.6 Å². The number of ether oxygens (including phenoxy) is 2. The van der Waals surface area contributed by atoms with Gasteiger partial charge in [0.15, 0.2) is 5.65 Å². The summed E-state index contributed by atoms with van der Waals surface area (Å²) in [6.45, 7) is 7.77. The number of imidazole rings is 1. The van der Waals surface area contributed by atoms with Crippen LogP contribution in [0.5, 0.6) is 5.75 Å². The molecular formula is C33H43N7O4. The molecule has 1 fully saturated rings. The Bertz CT molecular complexity index is 1670. The summed E-state index contributed by atoms with van der Waals surface area (Å²) >= 11 is 0. The lowest BCUT2D eigenvalue weighted by Gasteiger charge is -2.24. The zero-order valence-electron chi connectivity index (χ0n) is 26.1. The summed E-state index contributed by atoms with van der Waals surface area (Å²) in [6.07, 6.45) is 6.74. The van der Waals surface area contributed by atoms with Gasteiger partial charge in [-0.25, -0.2) is 9.78 Å². The fraction of sp³-hybridized carbons (Fsp3) is 0.455. The summed E-state index contributed by atoms with van der Waals surface area (Å²) in [4.78, 5) is 35.1. The number of hydrogen-bond acceptors (Lipinski definition) is 8. The van der Waals surface area contributed by atoms with Gasteiger partial charge < -0.3 is 25.8 Å². The molecule has 234 valence electrons. The maximum atomic E-state index is 13.0. The van der Waals surface area contributed by atoms with E-state index < -0.39 is 5.41 Å². The Hall–Kier alpha value is -4.38. The van der Waals surface area contributed by atoms with Gasteiger partial charge in [-0.1, -0.05) is 44.9 Å². The Balaban J connectivity index is 1.14. The molecule has 2 aromatic heterocycles. The van der Waals surface area contributed by atoms with Crippen LogP contribution in [-0.4, -0.2) is 44.8 Å². The van der Waals surface area contributed by atoms with Crippen molar-refractivity contribution in [2.24, 2.45) is 12.5 Å². The molecule has 44 heavy (non-hydrogen) atoms. The van der Waals surface area contributed by atoms with E-state index in [-0.39, 0.29) is 17.6 Å². The fourth-order valence-electron chi connectivity index (χ4n) is 5.47. The molecule has 5 rings (SSSR count). The van der Waals surface area contributed by atoms with Crippen LogP contribution in [0.25, 0.3) is 11.2 Å². The molecule has 2 aromatic carbocycles. The van der Waals surface area contributed by atoms with Gasteiger partial charge in [-0.3, -0.25) is 13.9 Å². The number of nitrogens with zero attached hydrogens (tertiary/aromatic N) is 4. The SMILES string of the molecule is Cc1ccc(OCCCCCC(C)(C)C(=O)Nc2ccccc2N)cc1Nc1ncc2c(n1)n(C1CCOCC1)c(=O)n2C. The van der Waals surface area contributed by atoms with Crippen LogP contribution in [0.1, 0.15) is 64.0 Å². The summed E-state index contributed by atoms with van der Waals surface area (Å²) in [5, 5.41) is 6.28. The topological polar surface area (TPSA) is 138 Å². The number of fused-ring (bicyclic) bond motifs is 1. The minimum absolute atomic E-state index is 0.0337. The van der Waals surface area contributed by atoms with Gasteiger partial charge in [0.25, 0.3) is 0 Å². The summed E-state index contributed by atoms with van der Waals surface area (Å²) in [6, 6.07) is 13.2. The van der Waals surface area contributed by atoms with Crippen LogP contribution < -0.4 is 26.8 Å². The van der Waals surface area contributed by atoms with Crippen molar-refractivity contribution in [3.05, 3.63) is 64.7 Å². The number of carbonyl (C=O) groups excluding carboxylic acids is 1. The quantitative estimate of drug-likeness (QED) is 0.138. The monoisotopic (exact) mass is 601 g/mol. The van der Waals surface area contributed by atoms with E-state index in [1.807, 2.05) is 57.2 Å². The van der Waals surface area contributed by atoms with Crippen LogP contribution in [0.3, 0.4) is 0 Å². The third-order valence-corrected chi connectivity index (χ3v) is 8.38. The van der Waals surface area contributed by atoms with E-state index in [1.54, 1.807) is 28.4 Å². The number of unbranched alkanes of at least 4 members (excludes halogenated alkanes) is 2. The van der Waals surface area contributed by atoms with E-state index in [2.05, 4.69) is 15.6 Å². The lowest BCUT2D eigenvalue weighted by Crippen LogP contribution is -2.31. The highest BCUT2D eigenvalue weighted by Crippen LogP contribution is 2.29. The second-order valence-corrected chi connectivity index (χ2v) is 12.1. The smallest absolute Gasteiger partial charge is 0.330 e. The van der Waals surface area contributed by atoms with Crippen LogP contribution in [0.2, 0.25) is 0 Å². The van der Waals surface area contributed by atoms with Gasteiger partial charge >= 0.3 is 5.69 Å². The molecule has 0 atom stereocenters. The molecule has 0 saturated carbocycles. The Morgan fingerprint density at radius 2 is 1.89 bits per heavy atom. The number of amides is 1. The molecular weight excluding hydrogens is 558 g/mol. The molecule has 1 saturated heterocycles. The number of carbonyl (C=O) groups is 1. The van der Waals surface area contributed by atoms with Gasteiger partial charge in [0.05, 0.1) is 24.2 Å². The van der Waals surface area contributed by atoms with Gasteiger partial charge in [-0.15, -0.1) is 0 Å². The molecule has 0 radical (unpaired) electrons. The van der Waals surface area contributed by atoms with Crippen molar-refractivity contribution in [2.75, 3.05) is 36.2 Å². The minimum atomic E-state index is -0.509. The van der Waals surface area contributed by atoms with Gasteiger partial charge in [0, 0.05) is 43.5 Å². The summed E-state index contributed by atoms with van der Waals surface area (Å²) < 4.78 is 14.9. The Morgan fingerprint density at radius 3 is 2.66 bits per heavy atom. The second-order valence-electron chi connectivity index (χ2n) is 12.1. The van der Waals surface area contributed by atoms with Crippen molar-refractivity contribution >= 4 is 40.1 Å². The Morgan fingerprint density at radius 1 is 1.11 bits per heavy atom. The molecule has 0 aliphatic carbocycles. The molecule has 0 bridgehead atoms. The van der Waals surface area contributed by atoms with Crippen molar-refractivity contribution in [3.63, 3.8) is 0 Å². The molecule has 4 N–H and O–H groups in total. The summed E-state index contributed by atoms with van der Waals surface area (Å²) in [7, 11) is 1.75. The van der Waals surface area contributed by atoms with Crippen molar-refractivity contribution in [1.82, 2.24) is 19.1 Å². The molecule has 11 heteroatoms. The number of hydrogen-bond donors (Lipinski definition) is 3. The van der Waals surface area contributed by atoms with Gasteiger partial charge in [0.1, 0.15) is 11.3 Å². The predicted molar refractivity (Wildman–Crippen MR) is 174 cm³/mol. The maximum Gasteiger partial charge on any atom is 0.330 e. The lowest BCUT2D eigenvalue weighted by atomic mass is 9.86. The van der Waals surface area contributed by atoms with E-state index in [4.69, 9.17) is 20.2 Å². The highest BCUT2D eigenvalue weighted by Gasteiger charge is 2.27. The normalized spacial score (nSPS) is 14.1. The number of nitrogen functional groups attached to an aromatic ring is 1. The Labute approximate surface area is 257 Å². The van der Waals surface area contributed by atoms with Gasteiger partial charge in [-0.05, 0) is 56.4 Å². The first-order valence-corrected chi connectivity index (χ1v) is 15.3. The van der Waals surface area contributed by atoms with Crippen LogP contribution in [0.4, 0.5) is 23.0 Å². The van der Waals surface area contributed by atoms with Crippen LogP contribution in [0, 0.1) is 12.3 Å². The van der Waals surface area contributed by atoms with Gasteiger partial charge in [0.2, 0.25) is 11.9 Å². The minimum Gasteiger partial charge on any atom is -0.494 e. The van der Waals surface area contributed by atoms with E-state index in [9.17, 15) is 9.59 Å².